The molecule has 1 aromatic carbocycles. The monoisotopic (exact) mass is 274 g/mol. The van der Waals surface area contributed by atoms with Gasteiger partial charge in [0, 0.05) is 19.4 Å². The lowest BCUT2D eigenvalue weighted by Crippen LogP contribution is -1.96. The Morgan fingerprint density at radius 1 is 1.15 bits per heavy atom. The van der Waals surface area contributed by atoms with E-state index in [1.54, 1.807) is 0 Å². The van der Waals surface area contributed by atoms with Crippen LogP contribution in [0.15, 0.2) is 30.3 Å². The van der Waals surface area contributed by atoms with E-state index in [9.17, 15) is 4.79 Å². The predicted octanol–water partition coefficient (Wildman–Crippen LogP) is 2.72. The number of carbonyl (C=O) groups excluding carboxylic acids is 1. The molecular weight excluding hydrogens is 252 g/mol. The third-order valence-electron chi connectivity index (χ3n) is 2.77. The van der Waals surface area contributed by atoms with Crippen molar-refractivity contribution in [3.8, 4) is 11.8 Å². The standard InChI is InChI=1S/C17H22O3/c18-13-7-2-5-11-17(19)12-6-8-14-20-15-16-9-3-1-4-10-16/h1,3-4,9-10,18H,2,5,7-8,11,13-15H2. The summed E-state index contributed by atoms with van der Waals surface area (Å²) >= 11 is 0. The first kappa shape index (κ1) is 16.4. The number of hydrogen-bond acceptors (Lipinski definition) is 3. The molecule has 0 aliphatic carbocycles. The van der Waals surface area contributed by atoms with E-state index in [4.69, 9.17) is 9.84 Å². The third kappa shape index (κ3) is 8.47. The first-order valence-corrected chi connectivity index (χ1v) is 7.07. The summed E-state index contributed by atoms with van der Waals surface area (Å²) in [5.74, 6) is 5.44. The van der Waals surface area contributed by atoms with Gasteiger partial charge >= 0.3 is 0 Å². The van der Waals surface area contributed by atoms with E-state index in [2.05, 4.69) is 11.8 Å². The molecule has 0 spiro atoms. The second-order valence-electron chi connectivity index (χ2n) is 4.55. The van der Waals surface area contributed by atoms with E-state index in [1.807, 2.05) is 30.3 Å². The van der Waals surface area contributed by atoms with Crippen LogP contribution in [0.25, 0.3) is 0 Å². The maximum absolute atomic E-state index is 11.4. The highest BCUT2D eigenvalue weighted by atomic mass is 16.5. The molecule has 0 saturated carbocycles. The van der Waals surface area contributed by atoms with Gasteiger partial charge in [-0.05, 0) is 24.3 Å². The highest BCUT2D eigenvalue weighted by Gasteiger charge is 1.96. The maximum atomic E-state index is 11.4. The summed E-state index contributed by atoms with van der Waals surface area (Å²) in [5.41, 5.74) is 1.14. The lowest BCUT2D eigenvalue weighted by Gasteiger charge is -2.01. The Kier molecular flexibility index (Phi) is 9.21. The largest absolute Gasteiger partial charge is 0.396 e. The van der Waals surface area contributed by atoms with E-state index in [0.717, 1.165) is 24.8 Å². The Morgan fingerprint density at radius 3 is 2.70 bits per heavy atom. The number of carbonyl (C=O) groups is 1. The molecule has 1 rings (SSSR count). The van der Waals surface area contributed by atoms with Crippen LogP contribution in [-0.2, 0) is 16.1 Å². The third-order valence-corrected chi connectivity index (χ3v) is 2.77. The number of Topliss-reactive ketones (excluding diaryl/α,β-unsaturated/α-hetero) is 1. The van der Waals surface area contributed by atoms with Crippen molar-refractivity contribution in [2.24, 2.45) is 0 Å². The quantitative estimate of drug-likeness (QED) is 0.428. The number of ether oxygens (including phenoxy) is 1. The number of rotatable bonds is 9. The average molecular weight is 274 g/mol. The molecule has 0 aliphatic heterocycles. The highest BCUT2D eigenvalue weighted by molar-refractivity contribution is 5.95. The Morgan fingerprint density at radius 2 is 1.95 bits per heavy atom. The molecule has 1 aromatic rings. The van der Waals surface area contributed by atoms with Gasteiger partial charge in [0.1, 0.15) is 0 Å². The summed E-state index contributed by atoms with van der Waals surface area (Å²) in [6.45, 7) is 1.32. The van der Waals surface area contributed by atoms with Gasteiger partial charge in [-0.2, -0.15) is 0 Å². The fourth-order valence-corrected chi connectivity index (χ4v) is 1.69. The number of aliphatic hydroxyl groups is 1. The Balaban J connectivity index is 2.03. The summed E-state index contributed by atoms with van der Waals surface area (Å²) in [5, 5.41) is 8.61. The number of unbranched alkanes of at least 4 members (excludes halogenated alkanes) is 2. The summed E-state index contributed by atoms with van der Waals surface area (Å²) in [6, 6.07) is 9.96. The zero-order valence-corrected chi connectivity index (χ0v) is 11.8. The van der Waals surface area contributed by atoms with Crippen LogP contribution in [0.2, 0.25) is 0 Å². The van der Waals surface area contributed by atoms with Crippen molar-refractivity contribution >= 4 is 5.78 Å². The maximum Gasteiger partial charge on any atom is 0.205 e. The number of benzene rings is 1. The predicted molar refractivity (Wildman–Crippen MR) is 79.1 cm³/mol. The zero-order valence-electron chi connectivity index (χ0n) is 11.8. The van der Waals surface area contributed by atoms with Crippen LogP contribution in [-0.4, -0.2) is 24.1 Å². The van der Waals surface area contributed by atoms with Crippen LogP contribution in [0.1, 0.15) is 37.7 Å². The van der Waals surface area contributed by atoms with E-state index >= 15 is 0 Å². The molecule has 0 unspecified atom stereocenters. The molecular formula is C17H22O3. The topological polar surface area (TPSA) is 46.5 Å². The number of hydrogen-bond donors (Lipinski definition) is 1. The van der Waals surface area contributed by atoms with Gasteiger partial charge in [-0.3, -0.25) is 4.79 Å². The second-order valence-corrected chi connectivity index (χ2v) is 4.55. The van der Waals surface area contributed by atoms with E-state index in [0.29, 0.717) is 26.1 Å². The van der Waals surface area contributed by atoms with Crippen LogP contribution in [0.4, 0.5) is 0 Å². The Bertz CT molecular complexity index is 429. The van der Waals surface area contributed by atoms with Crippen molar-refractivity contribution in [2.45, 2.75) is 38.7 Å². The molecule has 3 heteroatoms. The molecule has 0 saturated heterocycles. The number of aliphatic hydroxyl groups excluding tert-OH is 1. The van der Waals surface area contributed by atoms with Crippen LogP contribution in [0.3, 0.4) is 0 Å². The molecule has 0 aromatic heterocycles. The molecule has 0 amide bonds. The first-order valence-electron chi connectivity index (χ1n) is 7.07. The van der Waals surface area contributed by atoms with Crippen molar-refractivity contribution in [1.29, 1.82) is 0 Å². The zero-order chi connectivity index (χ0) is 14.5. The minimum absolute atomic E-state index is 0.0222. The van der Waals surface area contributed by atoms with E-state index in [-0.39, 0.29) is 12.4 Å². The molecule has 0 heterocycles. The van der Waals surface area contributed by atoms with Crippen molar-refractivity contribution in [1.82, 2.24) is 0 Å². The summed E-state index contributed by atoms with van der Waals surface area (Å²) in [7, 11) is 0. The molecule has 0 fully saturated rings. The summed E-state index contributed by atoms with van der Waals surface area (Å²) in [6.07, 6.45) is 3.50. The lowest BCUT2D eigenvalue weighted by molar-refractivity contribution is -0.113. The second kappa shape index (κ2) is 11.2. The fraction of sp³-hybridized carbons (Fsp3) is 0.471. The van der Waals surface area contributed by atoms with Gasteiger partial charge in [-0.25, -0.2) is 0 Å². The molecule has 0 bridgehead atoms. The summed E-state index contributed by atoms with van der Waals surface area (Å²) in [4.78, 5) is 11.4. The van der Waals surface area contributed by atoms with Gasteiger partial charge in [0.05, 0.1) is 13.2 Å². The molecule has 3 nitrogen and oxygen atoms in total. The molecule has 20 heavy (non-hydrogen) atoms. The van der Waals surface area contributed by atoms with Crippen molar-refractivity contribution in [3.63, 3.8) is 0 Å². The molecule has 0 aliphatic rings. The van der Waals surface area contributed by atoms with Gasteiger partial charge in [0.15, 0.2) is 0 Å². The Labute approximate surface area is 121 Å². The number of ketones is 1. The smallest absolute Gasteiger partial charge is 0.205 e. The SMILES string of the molecule is O=C(C#CCCOCc1ccccc1)CCCCCO. The first-order chi connectivity index (χ1) is 9.83. The van der Waals surface area contributed by atoms with Gasteiger partial charge < -0.3 is 9.84 Å². The highest BCUT2D eigenvalue weighted by Crippen LogP contribution is 2.01. The minimum atomic E-state index is -0.0222. The van der Waals surface area contributed by atoms with Crippen molar-refractivity contribution < 1.29 is 14.6 Å². The van der Waals surface area contributed by atoms with Gasteiger partial charge in [-0.1, -0.05) is 42.7 Å². The Hall–Kier alpha value is -1.63. The summed E-state index contributed by atoms with van der Waals surface area (Å²) < 4.78 is 5.47. The minimum Gasteiger partial charge on any atom is -0.396 e. The normalized spacial score (nSPS) is 9.85. The van der Waals surface area contributed by atoms with E-state index in [1.165, 1.54) is 0 Å². The van der Waals surface area contributed by atoms with Gasteiger partial charge in [-0.15, -0.1) is 0 Å². The van der Waals surface area contributed by atoms with Crippen molar-refractivity contribution in [2.75, 3.05) is 13.2 Å². The van der Waals surface area contributed by atoms with Crippen LogP contribution < -0.4 is 0 Å². The van der Waals surface area contributed by atoms with Gasteiger partial charge in [0.25, 0.3) is 0 Å². The van der Waals surface area contributed by atoms with Crippen LogP contribution in [0, 0.1) is 11.8 Å². The molecule has 0 atom stereocenters. The fourth-order valence-electron chi connectivity index (χ4n) is 1.69. The molecule has 0 radical (unpaired) electrons. The van der Waals surface area contributed by atoms with Gasteiger partial charge in [0.2, 0.25) is 5.78 Å². The van der Waals surface area contributed by atoms with Crippen molar-refractivity contribution in [3.05, 3.63) is 35.9 Å². The lowest BCUT2D eigenvalue weighted by atomic mass is 10.1. The molecule has 1 N–H and O–H groups in total. The molecule has 108 valence electrons. The average Bonchev–Trinajstić information content (AvgIpc) is 2.48. The van der Waals surface area contributed by atoms with Crippen LogP contribution >= 0.6 is 0 Å². The van der Waals surface area contributed by atoms with E-state index < -0.39 is 0 Å². The van der Waals surface area contributed by atoms with Crippen LogP contribution in [0.5, 0.6) is 0 Å².